The summed E-state index contributed by atoms with van der Waals surface area (Å²) in [7, 11) is -8.05. The largest absolute Gasteiger partial charge is 0.480 e. The highest BCUT2D eigenvalue weighted by Crippen LogP contribution is 2.11. The van der Waals surface area contributed by atoms with Gasteiger partial charge in [-0.15, -0.1) is 0 Å². The molecule has 1 atom stereocenters. The number of carbonyl (C=O) groups excluding carboxylic acids is 1. The molecule has 37 heavy (non-hydrogen) atoms. The molecule has 0 saturated heterocycles. The summed E-state index contributed by atoms with van der Waals surface area (Å²) in [5.74, 6) is -1.97. The number of unbranched alkanes of at least 4 members (excludes halogenated alkanes) is 1. The first kappa shape index (κ1) is 29.9. The first-order valence-electron chi connectivity index (χ1n) is 11.5. The Labute approximate surface area is 216 Å². The number of rotatable bonds is 15. The lowest BCUT2D eigenvalue weighted by Gasteiger charge is -2.16. The van der Waals surface area contributed by atoms with Gasteiger partial charge >= 0.3 is 5.97 Å². The van der Waals surface area contributed by atoms with Crippen molar-refractivity contribution in [2.24, 2.45) is 0 Å². The molecule has 0 heterocycles. The Morgan fingerprint density at radius 2 is 1.51 bits per heavy atom. The topological polar surface area (TPSA) is 195 Å². The number of benzene rings is 2. The van der Waals surface area contributed by atoms with Crippen LogP contribution in [0, 0.1) is 5.41 Å². The van der Waals surface area contributed by atoms with Gasteiger partial charge in [0, 0.05) is 31.6 Å². The highest BCUT2D eigenvalue weighted by atomic mass is 32.2. The van der Waals surface area contributed by atoms with Gasteiger partial charge in [-0.3, -0.25) is 15.0 Å². The molecule has 2 aromatic rings. The van der Waals surface area contributed by atoms with Gasteiger partial charge in [-0.1, -0.05) is 31.5 Å². The minimum absolute atomic E-state index is 0.0423. The zero-order chi connectivity index (χ0) is 27.5. The minimum atomic E-state index is -4.13. The first-order chi connectivity index (χ1) is 17.5. The lowest BCUT2D eigenvalue weighted by Crippen LogP contribution is -2.48. The van der Waals surface area contributed by atoms with E-state index in [1.165, 1.54) is 48.5 Å². The van der Waals surface area contributed by atoms with Crippen molar-refractivity contribution in [2.75, 3.05) is 19.6 Å². The van der Waals surface area contributed by atoms with Crippen LogP contribution in [0.4, 0.5) is 0 Å². The Morgan fingerprint density at radius 3 is 2.11 bits per heavy atom. The molecule has 6 N–H and O–H groups in total. The molecule has 2 aromatic carbocycles. The fourth-order valence-electron chi connectivity index (χ4n) is 3.01. The molecule has 12 nitrogen and oxygen atoms in total. The lowest BCUT2D eigenvalue weighted by atomic mass is 10.2. The molecule has 0 aliphatic rings. The predicted molar refractivity (Wildman–Crippen MR) is 137 cm³/mol. The molecule has 0 bridgehead atoms. The molecular weight excluding hydrogens is 522 g/mol. The van der Waals surface area contributed by atoms with Crippen LogP contribution in [0.15, 0.2) is 64.4 Å². The summed E-state index contributed by atoms with van der Waals surface area (Å²) in [5, 5.41) is 22.6. The highest BCUT2D eigenvalue weighted by Gasteiger charge is 2.26. The van der Waals surface area contributed by atoms with E-state index in [0.717, 1.165) is 12.8 Å². The van der Waals surface area contributed by atoms with Gasteiger partial charge in [0.15, 0.2) is 0 Å². The van der Waals surface area contributed by atoms with Crippen LogP contribution in [-0.4, -0.2) is 65.3 Å². The Bertz CT molecular complexity index is 1280. The number of nitrogens with one attached hydrogen (secondary N) is 5. The lowest BCUT2D eigenvalue weighted by molar-refractivity contribution is -0.138. The third-order valence-corrected chi connectivity index (χ3v) is 8.05. The third-order valence-electron chi connectivity index (χ3n) is 5.08. The molecule has 1 amide bonds. The zero-order valence-corrected chi connectivity index (χ0v) is 21.9. The summed E-state index contributed by atoms with van der Waals surface area (Å²) in [6.07, 6.45) is 1.59. The summed E-state index contributed by atoms with van der Waals surface area (Å²) in [5.41, 5.74) is 0.533. The molecule has 0 aromatic heterocycles. The van der Waals surface area contributed by atoms with E-state index >= 15 is 0 Å². The van der Waals surface area contributed by atoms with E-state index in [9.17, 15) is 31.5 Å². The summed E-state index contributed by atoms with van der Waals surface area (Å²) < 4.78 is 54.0. The molecule has 0 saturated carbocycles. The second-order valence-corrected chi connectivity index (χ2v) is 11.4. The van der Waals surface area contributed by atoms with Crippen LogP contribution < -0.4 is 20.1 Å². The molecule has 0 radical (unpaired) electrons. The molecule has 2 rings (SSSR count). The molecule has 0 unspecified atom stereocenters. The number of amidine groups is 1. The Morgan fingerprint density at radius 1 is 0.892 bits per heavy atom. The van der Waals surface area contributed by atoms with Gasteiger partial charge in [0.1, 0.15) is 11.9 Å². The quantitative estimate of drug-likeness (QED) is 0.105. The number of carboxylic acids is 1. The van der Waals surface area contributed by atoms with Crippen molar-refractivity contribution in [1.29, 1.82) is 5.41 Å². The zero-order valence-electron chi connectivity index (χ0n) is 20.2. The van der Waals surface area contributed by atoms with E-state index in [0.29, 0.717) is 12.1 Å². The van der Waals surface area contributed by atoms with Crippen LogP contribution in [0.25, 0.3) is 0 Å². The van der Waals surface area contributed by atoms with Crippen molar-refractivity contribution in [3.63, 3.8) is 0 Å². The van der Waals surface area contributed by atoms with Crippen LogP contribution in [-0.2, 0) is 29.6 Å². The van der Waals surface area contributed by atoms with Crippen molar-refractivity contribution < 1.29 is 31.5 Å². The highest BCUT2D eigenvalue weighted by molar-refractivity contribution is 7.89. The number of hydrogen-bond acceptors (Lipinski definition) is 7. The van der Waals surface area contributed by atoms with Gasteiger partial charge in [0.25, 0.3) is 0 Å². The maximum Gasteiger partial charge on any atom is 0.323 e. The fourth-order valence-corrected chi connectivity index (χ4v) is 5.26. The smallest absolute Gasteiger partial charge is 0.323 e. The van der Waals surface area contributed by atoms with Gasteiger partial charge < -0.3 is 15.7 Å². The van der Waals surface area contributed by atoms with Crippen LogP contribution >= 0.6 is 0 Å². The van der Waals surface area contributed by atoms with Crippen molar-refractivity contribution in [3.8, 4) is 0 Å². The summed E-state index contributed by atoms with van der Waals surface area (Å²) >= 11 is 0. The van der Waals surface area contributed by atoms with Gasteiger partial charge in [-0.05, 0) is 42.8 Å². The van der Waals surface area contributed by atoms with Gasteiger partial charge in [0.2, 0.25) is 26.0 Å². The second-order valence-electron chi connectivity index (χ2n) is 7.96. The second kappa shape index (κ2) is 13.8. The van der Waals surface area contributed by atoms with Crippen molar-refractivity contribution in [3.05, 3.63) is 60.2 Å². The van der Waals surface area contributed by atoms with Crippen LogP contribution in [0.1, 0.15) is 31.7 Å². The molecule has 0 spiro atoms. The Balaban J connectivity index is 1.85. The molecule has 202 valence electrons. The van der Waals surface area contributed by atoms with Crippen LogP contribution in [0.5, 0.6) is 0 Å². The van der Waals surface area contributed by atoms with E-state index in [1.807, 2.05) is 11.6 Å². The maximum absolute atomic E-state index is 12.5. The van der Waals surface area contributed by atoms with E-state index in [2.05, 4.69) is 15.4 Å². The maximum atomic E-state index is 12.5. The average molecular weight is 554 g/mol. The third kappa shape index (κ3) is 9.57. The van der Waals surface area contributed by atoms with Crippen molar-refractivity contribution in [2.45, 2.75) is 42.0 Å². The normalized spacial score (nSPS) is 12.5. The number of carboxylic acid groups (broad SMARTS) is 1. The Hall–Kier alpha value is -3.33. The summed E-state index contributed by atoms with van der Waals surface area (Å²) in [6, 6.07) is 11.3. The number of aliphatic carboxylic acids is 1. The molecular formula is C23H31N5O7S2. The summed E-state index contributed by atoms with van der Waals surface area (Å²) in [4.78, 5) is 23.4. The minimum Gasteiger partial charge on any atom is -0.480 e. The van der Waals surface area contributed by atoms with Crippen LogP contribution in [0.3, 0.4) is 0 Å². The summed E-state index contributed by atoms with van der Waals surface area (Å²) in [6.45, 7) is 1.88. The monoisotopic (exact) mass is 553 g/mol. The predicted octanol–water partition coefficient (Wildman–Crippen LogP) is 0.618. The van der Waals surface area contributed by atoms with Gasteiger partial charge in [-0.25, -0.2) is 21.6 Å². The fraction of sp³-hybridized carbons (Fsp3) is 0.348. The number of sulfonamides is 2. The number of hydrogen-bond donors (Lipinski definition) is 6. The van der Waals surface area contributed by atoms with E-state index in [4.69, 9.17) is 5.41 Å². The standard InChI is InChI=1S/C23H31N5O7S2/c1-2-3-14-25-22(24)17-9-11-19(12-10-17)36(32,33)27-15-13-21(29)26-16-20(23(30)31)28-37(34,35)18-7-5-4-6-8-18/h4-12,20,27-28H,2-3,13-16H2,1H3,(H2,24,25)(H,26,29)(H,30,31)/t20-/m0/s1. The van der Waals surface area contributed by atoms with Crippen molar-refractivity contribution >= 4 is 37.8 Å². The van der Waals surface area contributed by atoms with Crippen molar-refractivity contribution in [1.82, 2.24) is 20.1 Å². The van der Waals surface area contributed by atoms with E-state index in [-0.39, 0.29) is 28.6 Å². The van der Waals surface area contributed by atoms with E-state index < -0.39 is 44.5 Å². The first-order valence-corrected chi connectivity index (χ1v) is 14.4. The van der Waals surface area contributed by atoms with Gasteiger partial charge in [-0.2, -0.15) is 4.72 Å². The molecule has 0 aliphatic carbocycles. The SMILES string of the molecule is CCCCNC(=N)c1ccc(S(=O)(=O)NCCC(=O)NC[C@H](NS(=O)(=O)c2ccccc2)C(=O)O)cc1. The number of carbonyl (C=O) groups is 2. The average Bonchev–Trinajstić information content (AvgIpc) is 2.87. The molecule has 0 aliphatic heterocycles. The van der Waals surface area contributed by atoms with E-state index in [1.54, 1.807) is 6.07 Å². The molecule has 0 fully saturated rings. The van der Waals surface area contributed by atoms with Crippen LogP contribution in [0.2, 0.25) is 0 Å². The molecule has 14 heteroatoms. The Kier molecular flexibility index (Phi) is 11.2. The number of amides is 1. The van der Waals surface area contributed by atoms with Gasteiger partial charge in [0.05, 0.1) is 9.79 Å².